The number of carbonyl (C=O) groups excluding carboxylic acids is 1. The molecule has 2 aliphatic rings. The van der Waals surface area contributed by atoms with Crippen LogP contribution in [0, 0.1) is 6.92 Å². The van der Waals surface area contributed by atoms with Crippen molar-refractivity contribution in [2.24, 2.45) is 0 Å². The molecule has 1 aromatic heterocycles. The molecule has 0 aliphatic carbocycles. The van der Waals surface area contributed by atoms with E-state index in [2.05, 4.69) is 38.9 Å². The number of piperazine rings is 1. The van der Waals surface area contributed by atoms with E-state index in [4.69, 9.17) is 0 Å². The fourth-order valence-electron chi connectivity index (χ4n) is 3.64. The van der Waals surface area contributed by atoms with E-state index in [1.165, 1.54) is 19.3 Å². The predicted molar refractivity (Wildman–Crippen MR) is 92.7 cm³/mol. The largest absolute Gasteiger partial charge is 0.353 e. The molecule has 0 aromatic carbocycles. The summed E-state index contributed by atoms with van der Waals surface area (Å²) < 4.78 is 0. The number of hydrogen-bond donors (Lipinski definition) is 0. The van der Waals surface area contributed by atoms with Gasteiger partial charge in [0.25, 0.3) is 0 Å². The highest BCUT2D eigenvalue weighted by atomic mass is 16.2. The van der Waals surface area contributed by atoms with Gasteiger partial charge in [0.15, 0.2) is 0 Å². The topological polar surface area (TPSA) is 39.7 Å². The van der Waals surface area contributed by atoms with Gasteiger partial charge in [0, 0.05) is 31.9 Å². The van der Waals surface area contributed by atoms with Crippen LogP contribution in [0.2, 0.25) is 0 Å². The summed E-state index contributed by atoms with van der Waals surface area (Å²) in [4.78, 5) is 24.1. The first-order valence-corrected chi connectivity index (χ1v) is 8.83. The Kier molecular flexibility index (Phi) is 5.16. The van der Waals surface area contributed by atoms with Crippen LogP contribution in [0.25, 0.3) is 0 Å². The van der Waals surface area contributed by atoms with Gasteiger partial charge in [-0.25, -0.2) is 4.98 Å². The summed E-state index contributed by atoms with van der Waals surface area (Å²) in [6, 6.07) is 6.21. The first kappa shape index (κ1) is 16.2. The lowest BCUT2D eigenvalue weighted by atomic mass is 10.1. The monoisotopic (exact) mass is 316 g/mol. The van der Waals surface area contributed by atoms with Crippen LogP contribution in [-0.2, 0) is 4.79 Å². The number of rotatable bonds is 2. The van der Waals surface area contributed by atoms with Crippen molar-refractivity contribution >= 4 is 11.7 Å². The van der Waals surface area contributed by atoms with Gasteiger partial charge in [-0.2, -0.15) is 0 Å². The van der Waals surface area contributed by atoms with Crippen molar-refractivity contribution in [3.05, 3.63) is 23.9 Å². The molecule has 5 heteroatoms. The molecule has 5 nitrogen and oxygen atoms in total. The van der Waals surface area contributed by atoms with E-state index in [0.717, 1.165) is 50.7 Å². The van der Waals surface area contributed by atoms with Crippen LogP contribution in [0.4, 0.5) is 5.82 Å². The van der Waals surface area contributed by atoms with Crippen molar-refractivity contribution in [2.75, 3.05) is 44.7 Å². The first-order valence-electron chi connectivity index (χ1n) is 8.83. The molecule has 1 amide bonds. The van der Waals surface area contributed by atoms with Gasteiger partial charge < -0.3 is 9.80 Å². The lowest BCUT2D eigenvalue weighted by Crippen LogP contribution is -2.54. The Morgan fingerprint density at radius 2 is 1.87 bits per heavy atom. The minimum absolute atomic E-state index is 0.0844. The zero-order valence-corrected chi connectivity index (χ0v) is 14.4. The number of pyridine rings is 1. The molecular weight excluding hydrogens is 288 g/mol. The van der Waals surface area contributed by atoms with E-state index in [1.807, 2.05) is 13.0 Å². The lowest BCUT2D eigenvalue weighted by molar-refractivity contribution is -0.136. The van der Waals surface area contributed by atoms with Crippen LogP contribution < -0.4 is 4.90 Å². The molecule has 0 spiro atoms. The number of hydrogen-bond acceptors (Lipinski definition) is 4. The van der Waals surface area contributed by atoms with Crippen LogP contribution in [0.15, 0.2) is 18.2 Å². The average molecular weight is 316 g/mol. The molecule has 0 N–H and O–H groups in total. The highest BCUT2D eigenvalue weighted by Gasteiger charge is 2.30. The van der Waals surface area contributed by atoms with E-state index >= 15 is 0 Å². The third-order valence-electron chi connectivity index (χ3n) is 5.09. The lowest BCUT2D eigenvalue weighted by Gasteiger charge is -2.38. The van der Waals surface area contributed by atoms with Crippen molar-refractivity contribution in [2.45, 2.75) is 38.6 Å². The van der Waals surface area contributed by atoms with E-state index < -0.39 is 0 Å². The molecule has 2 fully saturated rings. The average Bonchev–Trinajstić information content (AvgIpc) is 2.79. The molecule has 0 unspecified atom stereocenters. The maximum Gasteiger partial charge on any atom is 0.240 e. The smallest absolute Gasteiger partial charge is 0.240 e. The highest BCUT2D eigenvalue weighted by Crippen LogP contribution is 2.19. The number of aryl methyl sites for hydroxylation is 1. The molecule has 2 aliphatic heterocycles. The molecule has 0 bridgehead atoms. The Bertz CT molecular complexity index is 540. The summed E-state index contributed by atoms with van der Waals surface area (Å²) in [5.74, 6) is 1.36. The summed E-state index contributed by atoms with van der Waals surface area (Å²) in [5, 5.41) is 0. The predicted octanol–water partition coefficient (Wildman–Crippen LogP) is 1.91. The molecule has 0 saturated carbocycles. The first-order chi connectivity index (χ1) is 11.1. The van der Waals surface area contributed by atoms with Gasteiger partial charge in [0.05, 0.1) is 6.04 Å². The second-order valence-corrected chi connectivity index (χ2v) is 6.80. The SMILES string of the molecule is Cc1cccc(N2CCN(C(=O)[C@@H]3CCCCCN3C)CC2)n1. The number of nitrogens with zero attached hydrogens (tertiary/aromatic N) is 4. The maximum absolute atomic E-state index is 12.9. The second kappa shape index (κ2) is 7.30. The van der Waals surface area contributed by atoms with Crippen LogP contribution in [0.3, 0.4) is 0 Å². The van der Waals surface area contributed by atoms with E-state index in [0.29, 0.717) is 5.91 Å². The molecule has 1 aromatic rings. The Morgan fingerprint density at radius 1 is 1.09 bits per heavy atom. The normalized spacial score (nSPS) is 23.7. The maximum atomic E-state index is 12.9. The summed E-state index contributed by atoms with van der Waals surface area (Å²) in [6.45, 7) is 6.42. The summed E-state index contributed by atoms with van der Waals surface area (Å²) in [5.41, 5.74) is 1.04. The molecule has 126 valence electrons. The third kappa shape index (κ3) is 3.83. The molecule has 3 heterocycles. The standard InChI is InChI=1S/C18H28N4O/c1-15-7-6-9-17(19-15)21-11-13-22(14-12-21)18(23)16-8-4-3-5-10-20(16)2/h6-7,9,16H,3-5,8,10-14H2,1-2H3/t16-/m0/s1. The Balaban J connectivity index is 1.58. The number of aromatic nitrogens is 1. The minimum atomic E-state index is 0.0844. The quantitative estimate of drug-likeness (QED) is 0.836. The van der Waals surface area contributed by atoms with Gasteiger partial charge in [-0.05, 0) is 45.5 Å². The van der Waals surface area contributed by atoms with Crippen LogP contribution in [0.1, 0.15) is 31.4 Å². The molecular formula is C18H28N4O. The Labute approximate surface area is 139 Å². The number of likely N-dealkylation sites (tertiary alicyclic amines) is 1. The fourth-order valence-corrected chi connectivity index (χ4v) is 3.64. The minimum Gasteiger partial charge on any atom is -0.353 e. The van der Waals surface area contributed by atoms with Crippen LogP contribution in [-0.4, -0.2) is 66.5 Å². The summed E-state index contributed by atoms with van der Waals surface area (Å²) in [7, 11) is 2.10. The van der Waals surface area contributed by atoms with E-state index in [1.54, 1.807) is 0 Å². The zero-order valence-electron chi connectivity index (χ0n) is 14.4. The second-order valence-electron chi connectivity index (χ2n) is 6.80. The zero-order chi connectivity index (χ0) is 16.2. The molecule has 23 heavy (non-hydrogen) atoms. The Morgan fingerprint density at radius 3 is 2.61 bits per heavy atom. The number of carbonyl (C=O) groups is 1. The highest BCUT2D eigenvalue weighted by molar-refractivity contribution is 5.82. The van der Waals surface area contributed by atoms with Gasteiger partial charge in [0.1, 0.15) is 5.82 Å². The van der Waals surface area contributed by atoms with Crippen LogP contribution in [0.5, 0.6) is 0 Å². The summed E-state index contributed by atoms with van der Waals surface area (Å²) in [6.07, 6.45) is 4.65. The number of likely N-dealkylation sites (N-methyl/N-ethyl adjacent to an activating group) is 1. The third-order valence-corrected chi connectivity index (χ3v) is 5.09. The van der Waals surface area contributed by atoms with Gasteiger partial charge in [0.2, 0.25) is 5.91 Å². The van der Waals surface area contributed by atoms with Gasteiger partial charge in [-0.15, -0.1) is 0 Å². The molecule has 0 radical (unpaired) electrons. The molecule has 3 rings (SSSR count). The summed E-state index contributed by atoms with van der Waals surface area (Å²) >= 11 is 0. The van der Waals surface area contributed by atoms with E-state index in [9.17, 15) is 4.79 Å². The Hall–Kier alpha value is -1.62. The van der Waals surface area contributed by atoms with Gasteiger partial charge in [-0.3, -0.25) is 9.69 Å². The van der Waals surface area contributed by atoms with E-state index in [-0.39, 0.29) is 6.04 Å². The number of amides is 1. The number of anilines is 1. The van der Waals surface area contributed by atoms with Crippen LogP contribution >= 0.6 is 0 Å². The van der Waals surface area contributed by atoms with Crippen molar-refractivity contribution in [1.29, 1.82) is 0 Å². The van der Waals surface area contributed by atoms with Crippen molar-refractivity contribution in [3.8, 4) is 0 Å². The van der Waals surface area contributed by atoms with Crippen molar-refractivity contribution < 1.29 is 4.79 Å². The fraction of sp³-hybridized carbons (Fsp3) is 0.667. The molecule has 2 saturated heterocycles. The van der Waals surface area contributed by atoms with Gasteiger partial charge >= 0.3 is 0 Å². The molecule has 1 atom stereocenters. The van der Waals surface area contributed by atoms with Gasteiger partial charge in [-0.1, -0.05) is 18.9 Å². The van der Waals surface area contributed by atoms with Crippen molar-refractivity contribution in [1.82, 2.24) is 14.8 Å². The van der Waals surface area contributed by atoms with Crippen molar-refractivity contribution in [3.63, 3.8) is 0 Å².